The van der Waals surface area contributed by atoms with Crippen LogP contribution in [0.5, 0.6) is 0 Å². The molecule has 2 aromatic heterocycles. The quantitative estimate of drug-likeness (QED) is 0.286. The third kappa shape index (κ3) is 6.27. The Hall–Kier alpha value is -4.36. The second-order valence-corrected chi connectivity index (χ2v) is 11.5. The number of aromatic nitrogens is 4. The van der Waals surface area contributed by atoms with E-state index in [0.717, 1.165) is 12.1 Å². The Bertz CT molecular complexity index is 1860. The van der Waals surface area contributed by atoms with Crippen LogP contribution in [0.4, 0.5) is 19.1 Å². The lowest BCUT2D eigenvalue weighted by atomic mass is 9.98. The van der Waals surface area contributed by atoms with Gasteiger partial charge in [0.2, 0.25) is 5.95 Å². The molecular weight excluding hydrogens is 634 g/mol. The zero-order valence-corrected chi connectivity index (χ0v) is 26.1. The number of carbonyl (C=O) groups is 2. The van der Waals surface area contributed by atoms with Crippen molar-refractivity contribution in [2.75, 3.05) is 12.4 Å². The van der Waals surface area contributed by atoms with Crippen LogP contribution in [0.15, 0.2) is 53.3 Å². The van der Waals surface area contributed by atoms with Gasteiger partial charge in [-0.1, -0.05) is 35.3 Å². The number of rotatable bonds is 6. The number of carbonyl (C=O) groups excluding carboxylic acids is 2. The number of nitrogens with one attached hydrogen (secondary N) is 2. The Labute approximate surface area is 265 Å². The number of halogens is 5. The first kappa shape index (κ1) is 32.0. The predicted molar refractivity (Wildman–Crippen MR) is 163 cm³/mol. The van der Waals surface area contributed by atoms with Crippen LogP contribution in [0.3, 0.4) is 0 Å². The van der Waals surface area contributed by atoms with Crippen LogP contribution >= 0.6 is 23.2 Å². The van der Waals surface area contributed by atoms with E-state index in [1.807, 2.05) is 6.92 Å². The molecule has 0 unspecified atom stereocenters. The summed E-state index contributed by atoms with van der Waals surface area (Å²) in [5.41, 5.74) is 0.449. The highest BCUT2D eigenvalue weighted by Crippen LogP contribution is 2.31. The summed E-state index contributed by atoms with van der Waals surface area (Å²) in [6.45, 7) is 3.52. The van der Waals surface area contributed by atoms with E-state index in [4.69, 9.17) is 28.2 Å². The molecule has 3 heterocycles. The van der Waals surface area contributed by atoms with Crippen molar-refractivity contribution < 1.29 is 22.8 Å². The molecule has 2 aromatic carbocycles. The van der Waals surface area contributed by atoms with E-state index in [2.05, 4.69) is 15.7 Å². The molecule has 0 radical (unpaired) electrons. The van der Waals surface area contributed by atoms with Crippen LogP contribution in [0.2, 0.25) is 10.0 Å². The summed E-state index contributed by atoms with van der Waals surface area (Å²) in [7, 11) is 3.02. The molecule has 0 saturated heterocycles. The Morgan fingerprint density at radius 3 is 2.38 bits per heavy atom. The lowest BCUT2D eigenvalue weighted by Crippen LogP contribution is -2.46. The molecule has 0 saturated carbocycles. The van der Waals surface area contributed by atoms with Gasteiger partial charge >= 0.3 is 6.18 Å². The Balaban J connectivity index is 1.58. The molecule has 0 fully saturated rings. The van der Waals surface area contributed by atoms with Gasteiger partial charge in [-0.3, -0.25) is 19.1 Å². The van der Waals surface area contributed by atoms with Crippen molar-refractivity contribution >= 4 is 41.0 Å². The Morgan fingerprint density at radius 1 is 1.07 bits per heavy atom. The smallest absolute Gasteiger partial charge is 0.354 e. The maximum atomic E-state index is 14.1. The zero-order chi connectivity index (χ0) is 32.8. The lowest BCUT2D eigenvalue weighted by molar-refractivity contribution is -0.137. The second kappa shape index (κ2) is 12.2. The molecule has 2 N–H and O–H groups in total. The van der Waals surface area contributed by atoms with Gasteiger partial charge in [-0.25, -0.2) is 9.55 Å². The summed E-state index contributed by atoms with van der Waals surface area (Å²) in [6, 6.07) is 9.63. The first-order valence-electron chi connectivity index (χ1n) is 13.8. The molecule has 4 aromatic rings. The minimum Gasteiger partial charge on any atom is -0.354 e. The van der Waals surface area contributed by atoms with E-state index in [0.29, 0.717) is 27.4 Å². The highest BCUT2D eigenvalue weighted by Gasteiger charge is 2.33. The fourth-order valence-corrected chi connectivity index (χ4v) is 5.47. The van der Waals surface area contributed by atoms with Crippen LogP contribution in [0, 0.1) is 0 Å². The summed E-state index contributed by atoms with van der Waals surface area (Å²) in [4.78, 5) is 46.4. The standard InChI is InChI=1S/C30H28Cl2F3N7O3/c1-15-11-20-23(14-41(15)27(44)18-7-10-21(31)22(32)12-18)38-29(37-16(2)17-5-8-19(9-6-17)30(33,34)35)42(28(20)45)25-13-24(26(43)36-3)40(4)39-25/h5-10,12-13,15-16H,11,14H2,1-4H3,(H,36,43)(H,37,38)/t15-,16+/m1/s1. The molecule has 5 rings (SSSR count). The number of nitrogens with zero attached hydrogens (tertiary/aromatic N) is 5. The van der Waals surface area contributed by atoms with Gasteiger partial charge in [-0.05, 0) is 56.2 Å². The summed E-state index contributed by atoms with van der Waals surface area (Å²) in [5, 5.41) is 10.6. The third-order valence-corrected chi connectivity index (χ3v) is 8.42. The van der Waals surface area contributed by atoms with Gasteiger partial charge in [0.15, 0.2) is 5.82 Å². The minimum atomic E-state index is -4.49. The number of hydrogen-bond acceptors (Lipinski definition) is 6. The van der Waals surface area contributed by atoms with Crippen LogP contribution < -0.4 is 16.2 Å². The van der Waals surface area contributed by atoms with Crippen LogP contribution in [-0.2, 0) is 26.2 Å². The van der Waals surface area contributed by atoms with Crippen molar-refractivity contribution in [1.29, 1.82) is 0 Å². The third-order valence-electron chi connectivity index (χ3n) is 7.68. The van der Waals surface area contributed by atoms with Crippen molar-refractivity contribution in [3.63, 3.8) is 0 Å². The second-order valence-electron chi connectivity index (χ2n) is 10.7. The average Bonchev–Trinajstić information content (AvgIpc) is 3.38. The molecule has 10 nitrogen and oxygen atoms in total. The van der Waals surface area contributed by atoms with Crippen molar-refractivity contribution in [1.82, 2.24) is 29.5 Å². The monoisotopic (exact) mass is 661 g/mol. The SMILES string of the molecule is CNC(=O)c1cc(-n2c(N[C@@H](C)c3ccc(C(F)(F)F)cc3)nc3c(c2=O)C[C@@H](C)N(C(=O)c2ccc(Cl)c(Cl)c2)C3)nn1C. The summed E-state index contributed by atoms with van der Waals surface area (Å²) < 4.78 is 42.0. The fourth-order valence-electron chi connectivity index (χ4n) is 5.17. The molecule has 0 spiro atoms. The van der Waals surface area contributed by atoms with Gasteiger partial charge in [-0.15, -0.1) is 0 Å². The van der Waals surface area contributed by atoms with Crippen LogP contribution in [0.1, 0.15) is 63.1 Å². The molecule has 15 heteroatoms. The van der Waals surface area contributed by atoms with E-state index in [-0.39, 0.29) is 41.4 Å². The number of fused-ring (bicyclic) bond motifs is 1. The largest absolute Gasteiger partial charge is 0.416 e. The van der Waals surface area contributed by atoms with Crippen molar-refractivity contribution in [2.24, 2.45) is 7.05 Å². The van der Waals surface area contributed by atoms with E-state index in [1.165, 1.54) is 46.6 Å². The Kier molecular flexibility index (Phi) is 8.69. The molecular formula is C30H28Cl2F3N7O3. The van der Waals surface area contributed by atoms with E-state index in [9.17, 15) is 27.6 Å². The van der Waals surface area contributed by atoms with Gasteiger partial charge in [-0.2, -0.15) is 18.3 Å². The number of alkyl halides is 3. The summed E-state index contributed by atoms with van der Waals surface area (Å²) >= 11 is 12.2. The first-order valence-corrected chi connectivity index (χ1v) is 14.6. The van der Waals surface area contributed by atoms with Gasteiger partial charge in [0.25, 0.3) is 17.4 Å². The number of aryl methyl sites for hydroxylation is 1. The van der Waals surface area contributed by atoms with Gasteiger partial charge in [0, 0.05) is 37.3 Å². The molecule has 1 aliphatic heterocycles. The molecule has 0 bridgehead atoms. The van der Waals surface area contributed by atoms with Gasteiger partial charge < -0.3 is 15.5 Å². The molecule has 2 amide bonds. The molecule has 236 valence electrons. The van der Waals surface area contributed by atoms with Crippen LogP contribution in [0.25, 0.3) is 5.82 Å². The summed E-state index contributed by atoms with van der Waals surface area (Å²) in [6.07, 6.45) is -4.31. The lowest BCUT2D eigenvalue weighted by Gasteiger charge is -2.34. The van der Waals surface area contributed by atoms with Gasteiger partial charge in [0.05, 0.1) is 33.9 Å². The Morgan fingerprint density at radius 2 is 1.76 bits per heavy atom. The number of benzene rings is 2. The highest BCUT2D eigenvalue weighted by molar-refractivity contribution is 6.42. The number of hydrogen-bond donors (Lipinski definition) is 2. The van der Waals surface area contributed by atoms with Gasteiger partial charge in [0.1, 0.15) is 5.69 Å². The summed E-state index contributed by atoms with van der Waals surface area (Å²) in [5.74, 6) is -0.608. The maximum Gasteiger partial charge on any atom is 0.416 e. The maximum absolute atomic E-state index is 14.1. The normalized spacial score (nSPS) is 15.4. The number of anilines is 1. The number of amides is 2. The first-order chi connectivity index (χ1) is 21.2. The molecule has 2 atom stereocenters. The van der Waals surface area contributed by atoms with Crippen LogP contribution in [-0.4, -0.2) is 49.1 Å². The fraction of sp³-hybridized carbons (Fsp3) is 0.300. The van der Waals surface area contributed by atoms with E-state index >= 15 is 0 Å². The topological polar surface area (TPSA) is 114 Å². The predicted octanol–water partition coefficient (Wildman–Crippen LogP) is 5.41. The molecule has 0 aliphatic carbocycles. The minimum absolute atomic E-state index is 0.000703. The van der Waals surface area contributed by atoms with E-state index in [1.54, 1.807) is 24.9 Å². The molecule has 1 aliphatic rings. The average molecular weight is 662 g/mol. The highest BCUT2D eigenvalue weighted by atomic mass is 35.5. The van der Waals surface area contributed by atoms with Crippen molar-refractivity contribution in [2.45, 2.75) is 45.1 Å². The van der Waals surface area contributed by atoms with Crippen molar-refractivity contribution in [3.05, 3.63) is 103 Å². The molecule has 45 heavy (non-hydrogen) atoms. The van der Waals surface area contributed by atoms with E-state index < -0.39 is 35.3 Å². The zero-order valence-electron chi connectivity index (χ0n) is 24.5. The van der Waals surface area contributed by atoms with Crippen molar-refractivity contribution in [3.8, 4) is 5.82 Å².